The standard InChI is InChI=1S/C20H21FN2O4/c1-22(2)10-4-11-23-17(13-6-8-14(21)9-7-13)16(19(25)20(23)26)18(24)15-5-3-12-27-15/h3,5-9,12,16-17H,4,10-11H2,1-2H3/p+1. The van der Waals surface area contributed by atoms with Gasteiger partial charge >= 0.3 is 0 Å². The van der Waals surface area contributed by atoms with Crippen molar-refractivity contribution < 1.29 is 28.1 Å². The smallest absolute Gasteiger partial charge is 0.291 e. The van der Waals surface area contributed by atoms with Gasteiger partial charge in [-0.15, -0.1) is 0 Å². The Balaban J connectivity index is 1.96. The molecule has 0 radical (unpaired) electrons. The molecule has 2 unspecified atom stereocenters. The molecule has 1 aliphatic heterocycles. The third-order valence-electron chi connectivity index (χ3n) is 4.74. The van der Waals surface area contributed by atoms with E-state index in [1.165, 1.54) is 46.4 Å². The van der Waals surface area contributed by atoms with Crippen LogP contribution in [-0.2, 0) is 9.59 Å². The number of rotatable bonds is 7. The summed E-state index contributed by atoms with van der Waals surface area (Å²) in [4.78, 5) is 40.8. The Morgan fingerprint density at radius 3 is 2.48 bits per heavy atom. The van der Waals surface area contributed by atoms with E-state index < -0.39 is 35.3 Å². The summed E-state index contributed by atoms with van der Waals surface area (Å²) in [6.07, 6.45) is 2.03. The highest BCUT2D eigenvalue weighted by Gasteiger charge is 2.52. The zero-order valence-electron chi connectivity index (χ0n) is 15.3. The van der Waals surface area contributed by atoms with Crippen molar-refractivity contribution in [3.63, 3.8) is 0 Å². The molecule has 0 saturated carbocycles. The van der Waals surface area contributed by atoms with Crippen LogP contribution in [0.1, 0.15) is 28.6 Å². The van der Waals surface area contributed by atoms with Crippen LogP contribution < -0.4 is 4.90 Å². The normalized spacial score (nSPS) is 19.9. The molecule has 1 saturated heterocycles. The number of quaternary nitrogens is 1. The maximum Gasteiger partial charge on any atom is 0.291 e. The number of benzene rings is 1. The van der Waals surface area contributed by atoms with Gasteiger partial charge in [0.2, 0.25) is 11.6 Å². The molecule has 0 spiro atoms. The number of Topliss-reactive ketones (excluding diaryl/α,β-unsaturated/α-hetero) is 2. The molecule has 1 fully saturated rings. The number of hydrogen-bond acceptors (Lipinski definition) is 4. The van der Waals surface area contributed by atoms with Crippen molar-refractivity contribution in [2.45, 2.75) is 12.5 Å². The lowest BCUT2D eigenvalue weighted by atomic mass is 9.88. The van der Waals surface area contributed by atoms with Crippen molar-refractivity contribution in [3.05, 3.63) is 59.8 Å². The first-order valence-corrected chi connectivity index (χ1v) is 8.87. The SMILES string of the molecule is C[NH+](C)CCCN1C(=O)C(=O)C(C(=O)c2ccco2)C1c1ccc(F)cc1. The minimum absolute atomic E-state index is 0.0350. The molecular weight excluding hydrogens is 351 g/mol. The van der Waals surface area contributed by atoms with E-state index >= 15 is 0 Å². The van der Waals surface area contributed by atoms with Gasteiger partial charge in [-0.3, -0.25) is 14.4 Å². The number of nitrogens with one attached hydrogen (secondary N) is 1. The van der Waals surface area contributed by atoms with Gasteiger partial charge < -0.3 is 14.2 Å². The van der Waals surface area contributed by atoms with Gasteiger partial charge in [0.25, 0.3) is 5.91 Å². The number of carbonyl (C=O) groups excluding carboxylic acids is 3. The molecule has 1 amide bonds. The number of halogens is 1. The first-order valence-electron chi connectivity index (χ1n) is 8.87. The van der Waals surface area contributed by atoms with Crippen molar-refractivity contribution in [3.8, 4) is 0 Å². The maximum absolute atomic E-state index is 13.4. The van der Waals surface area contributed by atoms with Crippen LogP contribution in [0.3, 0.4) is 0 Å². The molecule has 0 aliphatic carbocycles. The summed E-state index contributed by atoms with van der Waals surface area (Å²) in [7, 11) is 4.00. The Bertz CT molecular complexity index is 830. The molecule has 2 atom stereocenters. The van der Waals surface area contributed by atoms with Gasteiger partial charge in [0.15, 0.2) is 5.76 Å². The average molecular weight is 373 g/mol. The summed E-state index contributed by atoms with van der Waals surface area (Å²) in [5.41, 5.74) is 0.553. The van der Waals surface area contributed by atoms with E-state index in [0.717, 1.165) is 6.54 Å². The summed E-state index contributed by atoms with van der Waals surface area (Å²) >= 11 is 0. The second-order valence-corrected chi connectivity index (χ2v) is 6.99. The Labute approximate surface area is 156 Å². The summed E-state index contributed by atoms with van der Waals surface area (Å²) < 4.78 is 18.5. The van der Waals surface area contributed by atoms with Crippen LogP contribution in [0.5, 0.6) is 0 Å². The fourth-order valence-electron chi connectivity index (χ4n) is 3.43. The molecular formula is C20H22FN2O4+. The number of amides is 1. The number of nitrogens with zero attached hydrogens (tertiary/aromatic N) is 1. The zero-order chi connectivity index (χ0) is 19.6. The number of ketones is 2. The van der Waals surface area contributed by atoms with Crippen molar-refractivity contribution in [1.29, 1.82) is 0 Å². The Morgan fingerprint density at radius 2 is 1.89 bits per heavy atom. The van der Waals surface area contributed by atoms with Gasteiger partial charge in [-0.25, -0.2) is 4.39 Å². The Hall–Kier alpha value is -2.80. The lowest BCUT2D eigenvalue weighted by Crippen LogP contribution is -3.05. The summed E-state index contributed by atoms with van der Waals surface area (Å²) in [6, 6.07) is 7.81. The van der Waals surface area contributed by atoms with Gasteiger partial charge in [-0.05, 0) is 29.8 Å². The fourth-order valence-corrected chi connectivity index (χ4v) is 3.43. The van der Waals surface area contributed by atoms with E-state index in [-0.39, 0.29) is 5.76 Å². The first kappa shape index (κ1) is 19.0. The van der Waals surface area contributed by atoms with Crippen LogP contribution in [0.4, 0.5) is 4.39 Å². The number of likely N-dealkylation sites (tertiary alicyclic amines) is 1. The van der Waals surface area contributed by atoms with Crippen molar-refractivity contribution in [1.82, 2.24) is 4.90 Å². The average Bonchev–Trinajstić information content (AvgIpc) is 3.25. The van der Waals surface area contributed by atoms with E-state index in [1.54, 1.807) is 6.07 Å². The van der Waals surface area contributed by atoms with E-state index in [2.05, 4.69) is 0 Å². The Morgan fingerprint density at radius 1 is 1.19 bits per heavy atom. The van der Waals surface area contributed by atoms with Gasteiger partial charge in [0.05, 0.1) is 32.9 Å². The highest BCUT2D eigenvalue weighted by atomic mass is 19.1. The molecule has 0 bridgehead atoms. The second-order valence-electron chi connectivity index (χ2n) is 6.99. The maximum atomic E-state index is 13.4. The molecule has 1 aliphatic rings. The monoisotopic (exact) mass is 373 g/mol. The van der Waals surface area contributed by atoms with Crippen molar-refractivity contribution in [2.24, 2.45) is 5.92 Å². The van der Waals surface area contributed by atoms with Crippen LogP contribution in [0.15, 0.2) is 47.1 Å². The predicted octanol–water partition coefficient (Wildman–Crippen LogP) is 0.905. The minimum Gasteiger partial charge on any atom is -0.461 e. The van der Waals surface area contributed by atoms with Gasteiger partial charge in [0, 0.05) is 13.0 Å². The van der Waals surface area contributed by atoms with E-state index in [9.17, 15) is 18.8 Å². The second kappa shape index (κ2) is 7.84. The van der Waals surface area contributed by atoms with Crippen LogP contribution in [0, 0.1) is 11.7 Å². The Kier molecular flexibility index (Phi) is 5.51. The van der Waals surface area contributed by atoms with Crippen LogP contribution in [-0.4, -0.2) is 49.6 Å². The third-order valence-corrected chi connectivity index (χ3v) is 4.74. The number of furan rings is 1. The van der Waals surface area contributed by atoms with Gasteiger partial charge in [-0.1, -0.05) is 12.1 Å². The molecule has 2 aromatic rings. The highest BCUT2D eigenvalue weighted by Crippen LogP contribution is 2.38. The highest BCUT2D eigenvalue weighted by molar-refractivity contribution is 6.43. The number of carbonyl (C=O) groups is 3. The molecule has 3 rings (SSSR count). The zero-order valence-corrected chi connectivity index (χ0v) is 15.3. The lowest BCUT2D eigenvalue weighted by Gasteiger charge is -2.27. The van der Waals surface area contributed by atoms with Crippen molar-refractivity contribution in [2.75, 3.05) is 27.2 Å². The topological polar surface area (TPSA) is 72.0 Å². The summed E-state index contributed by atoms with van der Waals surface area (Å²) in [5, 5.41) is 0. The van der Waals surface area contributed by atoms with E-state index in [4.69, 9.17) is 4.42 Å². The molecule has 1 aromatic carbocycles. The van der Waals surface area contributed by atoms with Gasteiger partial charge in [-0.2, -0.15) is 0 Å². The quantitative estimate of drug-likeness (QED) is 0.445. The molecule has 1 N–H and O–H groups in total. The molecule has 142 valence electrons. The van der Waals surface area contributed by atoms with Gasteiger partial charge in [0.1, 0.15) is 11.7 Å². The largest absolute Gasteiger partial charge is 0.461 e. The fraction of sp³-hybridized carbons (Fsp3) is 0.350. The first-order chi connectivity index (χ1) is 12.9. The molecule has 6 nitrogen and oxygen atoms in total. The van der Waals surface area contributed by atoms with Crippen molar-refractivity contribution >= 4 is 17.5 Å². The minimum atomic E-state index is -1.19. The van der Waals surface area contributed by atoms with Crippen LogP contribution in [0.25, 0.3) is 0 Å². The molecule has 2 heterocycles. The van der Waals surface area contributed by atoms with E-state index in [1.807, 2.05) is 14.1 Å². The predicted molar refractivity (Wildman–Crippen MR) is 94.7 cm³/mol. The van der Waals surface area contributed by atoms with Crippen LogP contribution >= 0.6 is 0 Å². The summed E-state index contributed by atoms with van der Waals surface area (Å²) in [5.74, 6) is -3.54. The van der Waals surface area contributed by atoms with E-state index in [0.29, 0.717) is 18.5 Å². The number of hydrogen-bond donors (Lipinski definition) is 1. The third kappa shape index (κ3) is 3.83. The lowest BCUT2D eigenvalue weighted by molar-refractivity contribution is -0.858. The van der Waals surface area contributed by atoms with Crippen LogP contribution in [0.2, 0.25) is 0 Å². The molecule has 27 heavy (non-hydrogen) atoms. The molecule has 7 heteroatoms. The summed E-state index contributed by atoms with van der Waals surface area (Å²) in [6.45, 7) is 1.16. The molecule has 1 aromatic heterocycles.